The summed E-state index contributed by atoms with van der Waals surface area (Å²) < 4.78 is 10.7. The molecule has 0 aliphatic rings. The van der Waals surface area contributed by atoms with Gasteiger partial charge in [0, 0.05) is 50.8 Å². The summed E-state index contributed by atoms with van der Waals surface area (Å²) in [6.45, 7) is 9.69. The van der Waals surface area contributed by atoms with Gasteiger partial charge in [-0.3, -0.25) is 4.99 Å². The molecule has 2 N–H and O–H groups in total. The summed E-state index contributed by atoms with van der Waals surface area (Å²) in [6, 6.07) is 3.90. The zero-order chi connectivity index (χ0) is 16.6. The van der Waals surface area contributed by atoms with Crippen LogP contribution < -0.4 is 10.6 Å². The lowest BCUT2D eigenvalue weighted by Crippen LogP contribution is -2.39. The molecule has 23 heavy (non-hydrogen) atoms. The Morgan fingerprint density at radius 3 is 3.04 bits per heavy atom. The van der Waals surface area contributed by atoms with Gasteiger partial charge in [0.1, 0.15) is 5.76 Å². The maximum atomic E-state index is 5.34. The van der Waals surface area contributed by atoms with Gasteiger partial charge in [-0.1, -0.05) is 6.08 Å². The summed E-state index contributed by atoms with van der Waals surface area (Å²) in [5.74, 6) is 3.85. The van der Waals surface area contributed by atoms with Gasteiger partial charge in [0.05, 0.1) is 6.26 Å². The molecule has 0 aliphatic heterocycles. The second-order valence-electron chi connectivity index (χ2n) is 4.83. The number of rotatable bonds is 13. The predicted molar refractivity (Wildman–Crippen MR) is 99.4 cm³/mol. The largest absolute Gasteiger partial charge is 0.469 e. The van der Waals surface area contributed by atoms with Crippen molar-refractivity contribution < 1.29 is 9.15 Å². The Balaban J connectivity index is 2.27. The SMILES string of the molecule is C=CCSCCNC(=NCCCOCC)NCCc1ccco1. The van der Waals surface area contributed by atoms with Gasteiger partial charge in [-0.2, -0.15) is 11.8 Å². The van der Waals surface area contributed by atoms with E-state index < -0.39 is 0 Å². The van der Waals surface area contributed by atoms with Crippen molar-refractivity contribution in [3.05, 3.63) is 36.8 Å². The molecule has 0 unspecified atom stereocenters. The number of hydrogen-bond acceptors (Lipinski definition) is 4. The molecule has 0 saturated heterocycles. The lowest BCUT2D eigenvalue weighted by molar-refractivity contribution is 0.146. The van der Waals surface area contributed by atoms with Crippen LogP contribution in [0.2, 0.25) is 0 Å². The zero-order valence-corrected chi connectivity index (χ0v) is 14.9. The van der Waals surface area contributed by atoms with Crippen molar-refractivity contribution in [1.29, 1.82) is 0 Å². The number of nitrogens with zero attached hydrogens (tertiary/aromatic N) is 1. The summed E-state index contributed by atoms with van der Waals surface area (Å²) in [4.78, 5) is 4.59. The van der Waals surface area contributed by atoms with Crippen LogP contribution in [0.5, 0.6) is 0 Å². The van der Waals surface area contributed by atoms with E-state index in [-0.39, 0.29) is 0 Å². The fraction of sp³-hybridized carbons (Fsp3) is 0.588. The number of ether oxygens (including phenoxy) is 1. The van der Waals surface area contributed by atoms with Gasteiger partial charge < -0.3 is 19.8 Å². The first-order chi connectivity index (χ1) is 11.4. The highest BCUT2D eigenvalue weighted by molar-refractivity contribution is 7.99. The van der Waals surface area contributed by atoms with Gasteiger partial charge in [-0.25, -0.2) is 0 Å². The van der Waals surface area contributed by atoms with Crippen LogP contribution in [0.15, 0.2) is 40.5 Å². The molecule has 1 aromatic heterocycles. The normalized spacial score (nSPS) is 11.4. The van der Waals surface area contributed by atoms with Crippen LogP contribution in [0.4, 0.5) is 0 Å². The van der Waals surface area contributed by atoms with E-state index in [0.717, 1.165) is 68.9 Å². The van der Waals surface area contributed by atoms with E-state index in [9.17, 15) is 0 Å². The molecule has 0 atom stereocenters. The van der Waals surface area contributed by atoms with E-state index in [1.807, 2.05) is 36.9 Å². The summed E-state index contributed by atoms with van der Waals surface area (Å²) in [5, 5.41) is 6.71. The quantitative estimate of drug-likeness (QED) is 0.250. The smallest absolute Gasteiger partial charge is 0.191 e. The number of furan rings is 1. The van der Waals surface area contributed by atoms with Gasteiger partial charge in [-0.05, 0) is 25.5 Å². The first-order valence-electron chi connectivity index (χ1n) is 8.17. The second kappa shape index (κ2) is 14.2. The summed E-state index contributed by atoms with van der Waals surface area (Å²) in [5.41, 5.74) is 0. The van der Waals surface area contributed by atoms with Crippen LogP contribution in [0.3, 0.4) is 0 Å². The molecule has 6 heteroatoms. The van der Waals surface area contributed by atoms with E-state index in [2.05, 4.69) is 22.2 Å². The molecule has 0 saturated carbocycles. The highest BCUT2D eigenvalue weighted by atomic mass is 32.2. The lowest BCUT2D eigenvalue weighted by atomic mass is 10.3. The van der Waals surface area contributed by atoms with Crippen molar-refractivity contribution in [2.75, 3.05) is 44.4 Å². The third kappa shape index (κ3) is 10.9. The molecule has 130 valence electrons. The molecule has 0 fully saturated rings. The fourth-order valence-corrected chi connectivity index (χ4v) is 2.42. The Hall–Kier alpha value is -1.40. The van der Waals surface area contributed by atoms with Crippen LogP contribution in [-0.2, 0) is 11.2 Å². The number of guanidine groups is 1. The van der Waals surface area contributed by atoms with Crippen LogP contribution in [-0.4, -0.2) is 50.3 Å². The fourth-order valence-electron chi connectivity index (χ4n) is 1.84. The van der Waals surface area contributed by atoms with Gasteiger partial charge in [0.2, 0.25) is 0 Å². The minimum Gasteiger partial charge on any atom is -0.469 e. The summed E-state index contributed by atoms with van der Waals surface area (Å²) in [6.07, 6.45) is 5.41. The van der Waals surface area contributed by atoms with E-state index in [0.29, 0.717) is 0 Å². The van der Waals surface area contributed by atoms with Crippen LogP contribution in [0.1, 0.15) is 19.1 Å². The molecular formula is C17H29N3O2S. The van der Waals surface area contributed by atoms with E-state index in [1.165, 1.54) is 0 Å². The third-order valence-corrected chi connectivity index (χ3v) is 3.90. The summed E-state index contributed by atoms with van der Waals surface area (Å²) in [7, 11) is 0. The molecule has 0 radical (unpaired) electrons. The topological polar surface area (TPSA) is 58.8 Å². The van der Waals surface area contributed by atoms with Gasteiger partial charge in [-0.15, -0.1) is 6.58 Å². The minimum atomic E-state index is 0.759. The molecule has 1 heterocycles. The van der Waals surface area contributed by atoms with Crippen molar-refractivity contribution in [1.82, 2.24) is 10.6 Å². The number of hydrogen-bond donors (Lipinski definition) is 2. The first-order valence-corrected chi connectivity index (χ1v) is 9.33. The summed E-state index contributed by atoms with van der Waals surface area (Å²) >= 11 is 1.85. The molecule has 1 aromatic rings. The van der Waals surface area contributed by atoms with Crippen molar-refractivity contribution in [3.8, 4) is 0 Å². The van der Waals surface area contributed by atoms with Crippen LogP contribution >= 0.6 is 11.8 Å². The molecule has 0 aromatic carbocycles. The van der Waals surface area contributed by atoms with Gasteiger partial charge in [0.15, 0.2) is 5.96 Å². The molecule has 0 amide bonds. The third-order valence-electron chi connectivity index (χ3n) is 2.94. The lowest BCUT2D eigenvalue weighted by Gasteiger charge is -2.12. The number of thioether (sulfide) groups is 1. The average Bonchev–Trinajstić information content (AvgIpc) is 3.07. The van der Waals surface area contributed by atoms with Gasteiger partial charge in [0.25, 0.3) is 0 Å². The van der Waals surface area contributed by atoms with Gasteiger partial charge >= 0.3 is 0 Å². The average molecular weight is 340 g/mol. The number of nitrogens with one attached hydrogen (secondary N) is 2. The molecule has 5 nitrogen and oxygen atoms in total. The van der Waals surface area contributed by atoms with Crippen LogP contribution in [0.25, 0.3) is 0 Å². The maximum absolute atomic E-state index is 5.34. The molecule has 0 spiro atoms. The van der Waals surface area contributed by atoms with Crippen molar-refractivity contribution >= 4 is 17.7 Å². The highest BCUT2D eigenvalue weighted by Gasteiger charge is 2.00. The second-order valence-corrected chi connectivity index (χ2v) is 5.98. The standard InChI is InChI=1S/C17H29N3O2S/c1-3-14-23-15-11-20-17(18-9-6-12-21-4-2)19-10-8-16-7-5-13-22-16/h3,5,7,13H,1,4,6,8-12,14-15H2,2H3,(H2,18,19,20). The van der Waals surface area contributed by atoms with Crippen molar-refractivity contribution in [2.24, 2.45) is 4.99 Å². The first kappa shape index (κ1) is 19.6. The van der Waals surface area contributed by atoms with Crippen LogP contribution in [0, 0.1) is 0 Å². The zero-order valence-electron chi connectivity index (χ0n) is 14.1. The Kier molecular flexibility index (Phi) is 12.1. The van der Waals surface area contributed by atoms with E-state index in [1.54, 1.807) is 6.26 Å². The highest BCUT2D eigenvalue weighted by Crippen LogP contribution is 1.99. The minimum absolute atomic E-state index is 0.759. The monoisotopic (exact) mass is 339 g/mol. The molecule has 0 aliphatic carbocycles. The van der Waals surface area contributed by atoms with Crippen molar-refractivity contribution in [3.63, 3.8) is 0 Å². The Morgan fingerprint density at radius 2 is 2.30 bits per heavy atom. The molecule has 0 bridgehead atoms. The Labute approximate surface area is 144 Å². The maximum Gasteiger partial charge on any atom is 0.191 e. The Bertz CT molecular complexity index is 421. The Morgan fingerprint density at radius 1 is 1.43 bits per heavy atom. The molecular weight excluding hydrogens is 310 g/mol. The molecule has 1 rings (SSSR count). The predicted octanol–water partition coefficient (Wildman–Crippen LogP) is 2.70. The van der Waals surface area contributed by atoms with E-state index >= 15 is 0 Å². The van der Waals surface area contributed by atoms with Crippen molar-refractivity contribution in [2.45, 2.75) is 19.8 Å². The van der Waals surface area contributed by atoms with E-state index in [4.69, 9.17) is 9.15 Å². The number of aliphatic imine (C=N–C) groups is 1.